The van der Waals surface area contributed by atoms with E-state index in [1.165, 1.54) is 11.4 Å². The second-order valence-electron chi connectivity index (χ2n) is 4.85. The van der Waals surface area contributed by atoms with Crippen LogP contribution in [0.25, 0.3) is 0 Å². The van der Waals surface area contributed by atoms with Crippen LogP contribution in [-0.2, 0) is 22.6 Å². The van der Waals surface area contributed by atoms with Gasteiger partial charge in [-0.2, -0.15) is 0 Å². The zero-order valence-corrected chi connectivity index (χ0v) is 13.2. The third-order valence-corrected chi connectivity index (χ3v) is 3.99. The molecule has 0 aliphatic rings. The molecule has 2 aromatic rings. The Morgan fingerprint density at radius 2 is 2.00 bits per heavy atom. The van der Waals surface area contributed by atoms with Gasteiger partial charge in [-0.05, 0) is 11.1 Å². The van der Waals surface area contributed by atoms with Gasteiger partial charge in [0.15, 0.2) is 0 Å². The molecule has 1 aromatic carbocycles. The van der Waals surface area contributed by atoms with Crippen LogP contribution in [0.1, 0.15) is 11.1 Å². The van der Waals surface area contributed by atoms with E-state index in [1.807, 2.05) is 6.07 Å². The van der Waals surface area contributed by atoms with Crippen LogP contribution < -0.4 is 5.32 Å². The predicted molar refractivity (Wildman–Crippen MR) is 85.9 cm³/mol. The van der Waals surface area contributed by atoms with Crippen molar-refractivity contribution in [3.63, 3.8) is 0 Å². The number of benzene rings is 1. The molecule has 0 saturated carbocycles. The molecule has 24 heavy (non-hydrogen) atoms. The molecule has 0 bridgehead atoms. The van der Waals surface area contributed by atoms with Crippen LogP contribution in [0.5, 0.6) is 0 Å². The van der Waals surface area contributed by atoms with E-state index in [9.17, 15) is 24.8 Å². The summed E-state index contributed by atoms with van der Waals surface area (Å²) in [5.74, 6) is -1.25. The minimum atomic E-state index is -1.25. The Labute approximate surface area is 140 Å². The van der Waals surface area contributed by atoms with Gasteiger partial charge in [0, 0.05) is 17.9 Å². The fourth-order valence-electron chi connectivity index (χ4n) is 1.91. The summed E-state index contributed by atoms with van der Waals surface area (Å²) >= 11 is 0.902. The Bertz CT molecular complexity index is 731. The second kappa shape index (κ2) is 8.06. The highest BCUT2D eigenvalue weighted by Gasteiger charge is 2.23. The number of hydrogen-bond acceptors (Lipinski definition) is 6. The number of aliphatic carboxylic acids is 1. The van der Waals surface area contributed by atoms with Crippen molar-refractivity contribution in [1.29, 1.82) is 0 Å². The molecule has 1 unspecified atom stereocenters. The molecule has 0 aliphatic heterocycles. The topological polar surface area (TPSA) is 119 Å². The third kappa shape index (κ3) is 5.06. The van der Waals surface area contributed by atoms with Gasteiger partial charge in [-0.3, -0.25) is 10.1 Å². The maximum Gasteiger partial charge on any atom is 0.408 e. The van der Waals surface area contributed by atoms with Gasteiger partial charge in [-0.25, -0.2) is 9.59 Å². The summed E-state index contributed by atoms with van der Waals surface area (Å²) in [6.07, 6.45) is -0.934. The number of ether oxygens (including phenoxy) is 1. The molecule has 1 amide bonds. The number of nitro groups is 1. The molecule has 2 N–H and O–H groups in total. The van der Waals surface area contributed by atoms with Gasteiger partial charge in [0.25, 0.3) is 0 Å². The SMILES string of the molecule is O=C(NC(Cc1csc([N+](=O)[O-])c1)C(=O)O)OCc1ccccc1. The number of alkyl carbamates (subject to hydrolysis) is 1. The van der Waals surface area contributed by atoms with Crippen molar-refractivity contribution in [2.24, 2.45) is 0 Å². The molecule has 2 rings (SSSR count). The molecule has 0 aliphatic carbocycles. The van der Waals surface area contributed by atoms with Gasteiger partial charge in [0.1, 0.15) is 12.6 Å². The Morgan fingerprint density at radius 3 is 2.58 bits per heavy atom. The minimum absolute atomic E-state index is 0.0168. The lowest BCUT2D eigenvalue weighted by Gasteiger charge is -2.14. The van der Waals surface area contributed by atoms with Crippen LogP contribution in [0.4, 0.5) is 9.80 Å². The number of rotatable bonds is 7. The van der Waals surface area contributed by atoms with Crippen molar-refractivity contribution in [3.8, 4) is 0 Å². The fourth-order valence-corrected chi connectivity index (χ4v) is 2.65. The third-order valence-electron chi connectivity index (χ3n) is 3.06. The molecule has 126 valence electrons. The monoisotopic (exact) mass is 350 g/mol. The smallest absolute Gasteiger partial charge is 0.408 e. The van der Waals surface area contributed by atoms with E-state index in [-0.39, 0.29) is 18.0 Å². The van der Waals surface area contributed by atoms with E-state index < -0.39 is 23.0 Å². The van der Waals surface area contributed by atoms with Crippen molar-refractivity contribution < 1.29 is 24.4 Å². The van der Waals surface area contributed by atoms with Crippen LogP contribution in [0.15, 0.2) is 41.8 Å². The maximum atomic E-state index is 11.7. The van der Waals surface area contributed by atoms with E-state index in [2.05, 4.69) is 5.32 Å². The van der Waals surface area contributed by atoms with E-state index in [0.29, 0.717) is 5.56 Å². The molecule has 0 fully saturated rings. The molecule has 0 spiro atoms. The average molecular weight is 350 g/mol. The number of hydrogen-bond donors (Lipinski definition) is 2. The van der Waals surface area contributed by atoms with Gasteiger partial charge in [0.05, 0.1) is 4.92 Å². The highest BCUT2D eigenvalue weighted by atomic mass is 32.1. The summed E-state index contributed by atoms with van der Waals surface area (Å²) in [5, 5.41) is 23.5. The van der Waals surface area contributed by atoms with E-state index in [0.717, 1.165) is 16.9 Å². The number of carboxylic acids is 1. The first-order valence-corrected chi connectivity index (χ1v) is 7.75. The van der Waals surface area contributed by atoms with Gasteiger partial charge in [-0.15, -0.1) is 0 Å². The number of carbonyl (C=O) groups excluding carboxylic acids is 1. The molecule has 1 atom stereocenters. The van der Waals surface area contributed by atoms with Gasteiger partial charge < -0.3 is 15.2 Å². The molecule has 8 nitrogen and oxygen atoms in total. The number of nitrogens with one attached hydrogen (secondary N) is 1. The lowest BCUT2D eigenvalue weighted by molar-refractivity contribution is -0.380. The molecular formula is C15H14N2O6S. The molecule has 0 radical (unpaired) electrons. The number of carbonyl (C=O) groups is 2. The molecule has 1 aromatic heterocycles. The van der Waals surface area contributed by atoms with Crippen LogP contribution >= 0.6 is 11.3 Å². The van der Waals surface area contributed by atoms with Gasteiger partial charge >= 0.3 is 17.1 Å². The average Bonchev–Trinajstić information content (AvgIpc) is 3.02. The van der Waals surface area contributed by atoms with Crippen LogP contribution in [0, 0.1) is 10.1 Å². The first-order chi connectivity index (χ1) is 11.5. The number of thiophene rings is 1. The van der Waals surface area contributed by atoms with Crippen LogP contribution in [0.2, 0.25) is 0 Å². The molecular weight excluding hydrogens is 336 g/mol. The highest BCUT2D eigenvalue weighted by molar-refractivity contribution is 7.13. The lowest BCUT2D eigenvalue weighted by Crippen LogP contribution is -2.42. The molecule has 0 saturated heterocycles. The summed E-state index contributed by atoms with van der Waals surface area (Å²) in [7, 11) is 0. The number of nitrogens with zero attached hydrogens (tertiary/aromatic N) is 1. The first-order valence-electron chi connectivity index (χ1n) is 6.87. The molecule has 9 heteroatoms. The van der Waals surface area contributed by atoms with E-state index >= 15 is 0 Å². The highest BCUT2D eigenvalue weighted by Crippen LogP contribution is 2.23. The summed E-state index contributed by atoms with van der Waals surface area (Å²) in [4.78, 5) is 33.1. The largest absolute Gasteiger partial charge is 0.480 e. The van der Waals surface area contributed by atoms with Crippen LogP contribution in [-0.4, -0.2) is 28.1 Å². The Morgan fingerprint density at radius 1 is 1.29 bits per heavy atom. The predicted octanol–water partition coefficient (Wildman–Crippen LogP) is 2.58. The standard InChI is InChI=1S/C15H14N2O6S/c18-14(19)12(6-11-7-13(17(21)22)24-9-11)16-15(20)23-8-10-4-2-1-3-5-10/h1-5,7,9,12H,6,8H2,(H,16,20)(H,18,19). The quantitative estimate of drug-likeness (QED) is 0.585. The maximum absolute atomic E-state index is 11.7. The Kier molecular flexibility index (Phi) is 5.85. The van der Waals surface area contributed by atoms with Crippen molar-refractivity contribution in [3.05, 3.63) is 63.0 Å². The molecule has 1 heterocycles. The second-order valence-corrected chi connectivity index (χ2v) is 5.74. The van der Waals surface area contributed by atoms with Crippen molar-refractivity contribution in [2.75, 3.05) is 0 Å². The van der Waals surface area contributed by atoms with E-state index in [4.69, 9.17) is 4.74 Å². The Balaban J connectivity index is 1.91. The van der Waals surface area contributed by atoms with Gasteiger partial charge in [-0.1, -0.05) is 41.7 Å². The summed E-state index contributed by atoms with van der Waals surface area (Å²) < 4.78 is 4.97. The van der Waals surface area contributed by atoms with E-state index in [1.54, 1.807) is 24.3 Å². The van der Waals surface area contributed by atoms with Crippen molar-refractivity contribution in [1.82, 2.24) is 5.32 Å². The Hall–Kier alpha value is -2.94. The zero-order valence-electron chi connectivity index (χ0n) is 12.4. The fraction of sp³-hybridized carbons (Fsp3) is 0.200. The first kappa shape index (κ1) is 17.4. The minimum Gasteiger partial charge on any atom is -0.480 e. The summed E-state index contributed by atoms with van der Waals surface area (Å²) in [6, 6.07) is 9.00. The summed E-state index contributed by atoms with van der Waals surface area (Å²) in [5.41, 5.74) is 1.23. The van der Waals surface area contributed by atoms with Crippen molar-refractivity contribution in [2.45, 2.75) is 19.1 Å². The normalized spacial score (nSPS) is 11.5. The van der Waals surface area contributed by atoms with Crippen LogP contribution in [0.3, 0.4) is 0 Å². The van der Waals surface area contributed by atoms with Crippen molar-refractivity contribution >= 4 is 28.4 Å². The summed E-state index contributed by atoms with van der Waals surface area (Å²) in [6.45, 7) is 0.0168. The lowest BCUT2D eigenvalue weighted by atomic mass is 10.1. The number of carboxylic acid groups (broad SMARTS) is 1. The number of amides is 1. The zero-order chi connectivity index (χ0) is 17.5. The van der Waals surface area contributed by atoms with Gasteiger partial charge in [0.2, 0.25) is 0 Å².